The molecule has 2 amide bonds. The molecule has 29 heavy (non-hydrogen) atoms. The number of hydrogen-bond donors (Lipinski definition) is 0. The first kappa shape index (κ1) is 21.5. The van der Waals surface area contributed by atoms with Crippen LogP contribution < -0.4 is 0 Å². The minimum absolute atomic E-state index is 0.111. The minimum atomic E-state index is -0.365. The number of halogens is 1. The Hall–Kier alpha value is -2.21. The third kappa shape index (κ3) is 4.86. The van der Waals surface area contributed by atoms with Crippen molar-refractivity contribution in [2.45, 2.75) is 46.6 Å². The van der Waals surface area contributed by atoms with Crippen molar-refractivity contribution in [2.75, 3.05) is 26.2 Å². The monoisotopic (exact) mass is 402 g/mol. The van der Waals surface area contributed by atoms with E-state index in [4.69, 9.17) is 4.74 Å². The van der Waals surface area contributed by atoms with Gasteiger partial charge in [0.2, 0.25) is 0 Å². The van der Waals surface area contributed by atoms with E-state index in [1.807, 2.05) is 13.8 Å². The van der Waals surface area contributed by atoms with Crippen LogP contribution in [0.3, 0.4) is 0 Å². The summed E-state index contributed by atoms with van der Waals surface area (Å²) in [5, 5.41) is 0. The summed E-state index contributed by atoms with van der Waals surface area (Å²) in [6.45, 7) is 10.5. The van der Waals surface area contributed by atoms with E-state index in [2.05, 4.69) is 18.7 Å². The lowest BCUT2D eigenvalue weighted by molar-refractivity contribution is -0.138. The first-order valence-corrected chi connectivity index (χ1v) is 10.5. The predicted molar refractivity (Wildman–Crippen MR) is 110 cm³/mol. The third-order valence-electron chi connectivity index (χ3n) is 5.44. The molecular weight excluding hydrogens is 371 g/mol. The van der Waals surface area contributed by atoms with Crippen LogP contribution in [-0.4, -0.2) is 54.0 Å². The second-order valence-corrected chi connectivity index (χ2v) is 8.62. The normalized spacial score (nSPS) is 23.0. The van der Waals surface area contributed by atoms with Gasteiger partial charge in [-0.1, -0.05) is 26.0 Å². The Kier molecular flexibility index (Phi) is 6.73. The highest BCUT2D eigenvalue weighted by atomic mass is 19.1. The largest absolute Gasteiger partial charge is 0.379 e. The van der Waals surface area contributed by atoms with Gasteiger partial charge in [0.05, 0.1) is 11.7 Å². The maximum absolute atomic E-state index is 13.4. The Morgan fingerprint density at radius 2 is 1.69 bits per heavy atom. The molecule has 5 nitrogen and oxygen atoms in total. The Morgan fingerprint density at radius 3 is 2.28 bits per heavy atom. The van der Waals surface area contributed by atoms with Gasteiger partial charge in [-0.15, -0.1) is 0 Å². The quantitative estimate of drug-likeness (QED) is 0.516. The zero-order valence-corrected chi connectivity index (χ0v) is 17.8. The molecule has 1 aromatic carbocycles. The van der Waals surface area contributed by atoms with Gasteiger partial charge in [0.25, 0.3) is 11.8 Å². The van der Waals surface area contributed by atoms with Gasteiger partial charge in [0.15, 0.2) is 0 Å². The lowest BCUT2D eigenvalue weighted by atomic mass is 9.91. The molecule has 2 aliphatic rings. The molecule has 0 aliphatic carbocycles. The van der Waals surface area contributed by atoms with E-state index in [0.717, 1.165) is 19.5 Å². The van der Waals surface area contributed by atoms with Crippen LogP contribution in [0.1, 0.15) is 46.1 Å². The number of carbonyl (C=O) groups is 2. The molecule has 0 spiro atoms. The average Bonchev–Trinajstić information content (AvgIpc) is 2.89. The summed E-state index contributed by atoms with van der Waals surface area (Å²) in [6, 6.07) is 5.83. The van der Waals surface area contributed by atoms with Crippen LogP contribution in [0.25, 0.3) is 5.57 Å². The number of imide groups is 1. The number of ether oxygens (including phenoxy) is 1. The zero-order chi connectivity index (χ0) is 21.1. The van der Waals surface area contributed by atoms with Crippen molar-refractivity contribution >= 4 is 17.4 Å². The summed E-state index contributed by atoms with van der Waals surface area (Å²) in [4.78, 5) is 29.9. The lowest BCUT2D eigenvalue weighted by Gasteiger charge is -2.37. The molecule has 2 atom stereocenters. The second kappa shape index (κ2) is 9.08. The molecule has 158 valence electrons. The second-order valence-electron chi connectivity index (χ2n) is 8.62. The first-order chi connectivity index (χ1) is 13.8. The summed E-state index contributed by atoms with van der Waals surface area (Å²) in [6.07, 6.45) is 1.81. The van der Waals surface area contributed by atoms with Crippen LogP contribution in [0.15, 0.2) is 30.0 Å². The number of amides is 2. The minimum Gasteiger partial charge on any atom is -0.379 e. The summed E-state index contributed by atoms with van der Waals surface area (Å²) >= 11 is 0. The molecule has 0 radical (unpaired) electrons. The topological polar surface area (TPSA) is 49.9 Å². The van der Waals surface area contributed by atoms with Crippen molar-refractivity contribution in [2.24, 2.45) is 11.8 Å². The van der Waals surface area contributed by atoms with Gasteiger partial charge in [-0.25, -0.2) is 4.39 Å². The van der Waals surface area contributed by atoms with Crippen molar-refractivity contribution in [1.82, 2.24) is 9.80 Å². The van der Waals surface area contributed by atoms with E-state index >= 15 is 0 Å². The molecule has 0 saturated carbocycles. The van der Waals surface area contributed by atoms with Gasteiger partial charge >= 0.3 is 0 Å². The Bertz CT molecular complexity index is 778. The van der Waals surface area contributed by atoms with Gasteiger partial charge in [0.1, 0.15) is 11.5 Å². The number of piperidine rings is 1. The van der Waals surface area contributed by atoms with Crippen LogP contribution in [0.5, 0.6) is 0 Å². The number of nitrogens with zero attached hydrogens (tertiary/aromatic N) is 2. The highest BCUT2D eigenvalue weighted by Gasteiger charge is 2.42. The van der Waals surface area contributed by atoms with Crippen molar-refractivity contribution in [3.63, 3.8) is 0 Å². The van der Waals surface area contributed by atoms with Gasteiger partial charge in [-0.05, 0) is 56.2 Å². The standard InChI is InChI=1S/C23H31FN2O3/c1-15(2)29-11-5-10-26-22(27)20(18-6-8-19(24)9-7-18)21(23(26)28)25-13-16(3)12-17(4)14-25/h6-9,15-17H,5,10-14H2,1-4H3. The van der Waals surface area contributed by atoms with E-state index in [0.29, 0.717) is 48.2 Å². The van der Waals surface area contributed by atoms with Crippen molar-refractivity contribution < 1.29 is 18.7 Å². The Balaban J connectivity index is 1.90. The van der Waals surface area contributed by atoms with Crippen LogP contribution in [0, 0.1) is 17.7 Å². The van der Waals surface area contributed by atoms with E-state index in [1.54, 1.807) is 12.1 Å². The molecule has 2 unspecified atom stereocenters. The van der Waals surface area contributed by atoms with E-state index in [1.165, 1.54) is 17.0 Å². The zero-order valence-electron chi connectivity index (χ0n) is 17.8. The average molecular weight is 403 g/mol. The molecular formula is C23H31FN2O3. The lowest BCUT2D eigenvalue weighted by Crippen LogP contribution is -2.42. The molecule has 3 rings (SSSR count). The van der Waals surface area contributed by atoms with E-state index < -0.39 is 0 Å². The van der Waals surface area contributed by atoms with Gasteiger partial charge in [0, 0.05) is 26.2 Å². The number of benzene rings is 1. The molecule has 0 aromatic heterocycles. The first-order valence-electron chi connectivity index (χ1n) is 10.5. The smallest absolute Gasteiger partial charge is 0.277 e. The van der Waals surface area contributed by atoms with Gasteiger partial charge < -0.3 is 9.64 Å². The van der Waals surface area contributed by atoms with Crippen molar-refractivity contribution in [1.29, 1.82) is 0 Å². The molecule has 1 saturated heterocycles. The van der Waals surface area contributed by atoms with Crippen molar-refractivity contribution in [3.05, 3.63) is 41.3 Å². The molecule has 2 aliphatic heterocycles. The van der Waals surface area contributed by atoms with E-state index in [-0.39, 0.29) is 23.7 Å². The number of rotatable bonds is 7. The molecule has 1 fully saturated rings. The van der Waals surface area contributed by atoms with Gasteiger partial charge in [-0.2, -0.15) is 0 Å². The molecule has 6 heteroatoms. The molecule has 0 N–H and O–H groups in total. The van der Waals surface area contributed by atoms with Crippen LogP contribution in [0.4, 0.5) is 4.39 Å². The Labute approximate surface area is 172 Å². The number of likely N-dealkylation sites (tertiary alicyclic amines) is 1. The molecule has 1 aromatic rings. The SMILES string of the molecule is CC1CC(C)CN(C2=C(c3ccc(F)cc3)C(=O)N(CCCOC(C)C)C2=O)C1. The summed E-state index contributed by atoms with van der Waals surface area (Å²) in [5.74, 6) is -0.0305. The highest BCUT2D eigenvalue weighted by Crippen LogP contribution is 2.35. The fourth-order valence-electron chi connectivity index (χ4n) is 4.32. The fraction of sp³-hybridized carbons (Fsp3) is 0.565. The number of hydrogen-bond acceptors (Lipinski definition) is 4. The third-order valence-corrected chi connectivity index (χ3v) is 5.44. The Morgan fingerprint density at radius 1 is 1.07 bits per heavy atom. The predicted octanol–water partition coefficient (Wildman–Crippen LogP) is 3.70. The summed E-state index contributed by atoms with van der Waals surface area (Å²) in [5.41, 5.74) is 1.44. The summed E-state index contributed by atoms with van der Waals surface area (Å²) < 4.78 is 19.0. The van der Waals surface area contributed by atoms with E-state index in [9.17, 15) is 14.0 Å². The highest BCUT2D eigenvalue weighted by molar-refractivity contribution is 6.35. The number of carbonyl (C=O) groups excluding carboxylic acids is 2. The fourth-order valence-corrected chi connectivity index (χ4v) is 4.32. The molecule has 2 heterocycles. The van der Waals surface area contributed by atoms with Crippen LogP contribution >= 0.6 is 0 Å². The van der Waals surface area contributed by atoms with Gasteiger partial charge in [-0.3, -0.25) is 14.5 Å². The van der Waals surface area contributed by atoms with Crippen molar-refractivity contribution in [3.8, 4) is 0 Å². The van der Waals surface area contributed by atoms with Crippen LogP contribution in [-0.2, 0) is 14.3 Å². The maximum Gasteiger partial charge on any atom is 0.277 e. The van der Waals surface area contributed by atoms with Crippen LogP contribution in [0.2, 0.25) is 0 Å². The summed E-state index contributed by atoms with van der Waals surface area (Å²) in [7, 11) is 0. The maximum atomic E-state index is 13.4. The molecule has 0 bridgehead atoms.